The molecule has 0 saturated heterocycles. The average Bonchev–Trinajstić information content (AvgIpc) is 2.56. The quantitative estimate of drug-likeness (QED) is 0.710. The molecule has 1 aliphatic heterocycles. The van der Waals surface area contributed by atoms with E-state index >= 15 is 0 Å². The first kappa shape index (κ1) is 11.4. The van der Waals surface area contributed by atoms with E-state index in [9.17, 15) is 0 Å². The highest BCUT2D eigenvalue weighted by molar-refractivity contribution is 8.04. The number of allylic oxidation sites excluding steroid dienone is 7. The Balaban J connectivity index is 2.03. The van der Waals surface area contributed by atoms with Gasteiger partial charge < -0.3 is 4.74 Å². The lowest BCUT2D eigenvalue weighted by Crippen LogP contribution is -2.06. The number of thioether (sulfide) groups is 1. The van der Waals surface area contributed by atoms with Crippen LogP contribution in [-0.2, 0) is 4.74 Å². The summed E-state index contributed by atoms with van der Waals surface area (Å²) in [6, 6.07) is 2.20. The summed E-state index contributed by atoms with van der Waals surface area (Å²) in [7, 11) is 0. The van der Waals surface area contributed by atoms with Crippen molar-refractivity contribution < 1.29 is 4.74 Å². The molecule has 3 aliphatic rings. The Morgan fingerprint density at radius 1 is 1.39 bits per heavy atom. The fourth-order valence-corrected chi connectivity index (χ4v) is 3.54. The van der Waals surface area contributed by atoms with E-state index < -0.39 is 0 Å². The van der Waals surface area contributed by atoms with E-state index in [4.69, 9.17) is 10.00 Å². The fraction of sp³-hybridized carbons (Fsp3) is 0.267. The molecule has 1 atom stereocenters. The molecule has 0 bridgehead atoms. The van der Waals surface area contributed by atoms with Gasteiger partial charge in [-0.05, 0) is 18.9 Å². The average molecular weight is 255 g/mol. The van der Waals surface area contributed by atoms with Crippen LogP contribution in [0.5, 0.6) is 0 Å². The summed E-state index contributed by atoms with van der Waals surface area (Å²) < 4.78 is 5.97. The van der Waals surface area contributed by atoms with Crippen LogP contribution in [0.2, 0.25) is 0 Å². The molecule has 0 N–H and O–H groups in total. The van der Waals surface area contributed by atoms with Crippen LogP contribution in [0.25, 0.3) is 0 Å². The molecule has 1 unspecified atom stereocenters. The van der Waals surface area contributed by atoms with Gasteiger partial charge in [-0.1, -0.05) is 30.4 Å². The summed E-state index contributed by atoms with van der Waals surface area (Å²) >= 11 is 1.85. The topological polar surface area (TPSA) is 33.0 Å². The van der Waals surface area contributed by atoms with Crippen molar-refractivity contribution in [1.29, 1.82) is 5.26 Å². The lowest BCUT2D eigenvalue weighted by Gasteiger charge is -2.16. The standard InChI is InChI=1S/C15H13NOS/c16-10-9-12-11-5-1-3-7-14(11)18-15-8-4-2-6-13(15)17-12/h1-3,5-7,14H,4,8-9H2. The second kappa shape index (κ2) is 4.91. The minimum Gasteiger partial charge on any atom is -0.459 e. The summed E-state index contributed by atoms with van der Waals surface area (Å²) in [6.07, 6.45) is 14.9. The van der Waals surface area contributed by atoms with Crippen molar-refractivity contribution >= 4 is 11.8 Å². The van der Waals surface area contributed by atoms with Gasteiger partial charge in [0.25, 0.3) is 0 Å². The Labute approximate surface area is 111 Å². The van der Waals surface area contributed by atoms with Crippen molar-refractivity contribution in [3.05, 3.63) is 58.5 Å². The van der Waals surface area contributed by atoms with Crippen LogP contribution >= 0.6 is 11.8 Å². The molecule has 90 valence electrons. The van der Waals surface area contributed by atoms with E-state index in [1.807, 2.05) is 23.9 Å². The highest BCUT2D eigenvalue weighted by Crippen LogP contribution is 2.42. The number of hydrogen-bond acceptors (Lipinski definition) is 3. The van der Waals surface area contributed by atoms with Crippen LogP contribution in [0.15, 0.2) is 58.5 Å². The summed E-state index contributed by atoms with van der Waals surface area (Å²) in [5, 5.41) is 9.24. The fourth-order valence-electron chi connectivity index (χ4n) is 2.26. The minimum absolute atomic E-state index is 0.289. The molecule has 2 nitrogen and oxygen atoms in total. The van der Waals surface area contributed by atoms with Crippen molar-refractivity contribution in [1.82, 2.24) is 0 Å². The number of ether oxygens (including phenoxy) is 1. The van der Waals surface area contributed by atoms with Gasteiger partial charge in [-0.2, -0.15) is 5.26 Å². The molecule has 2 aliphatic carbocycles. The van der Waals surface area contributed by atoms with Crippen LogP contribution in [0.4, 0.5) is 0 Å². The highest BCUT2D eigenvalue weighted by Gasteiger charge is 2.26. The monoisotopic (exact) mass is 255 g/mol. The maximum absolute atomic E-state index is 8.95. The molecule has 0 saturated carbocycles. The van der Waals surface area contributed by atoms with Gasteiger partial charge in [-0.3, -0.25) is 0 Å². The van der Waals surface area contributed by atoms with E-state index in [0.717, 1.165) is 29.9 Å². The van der Waals surface area contributed by atoms with Crippen molar-refractivity contribution in [3.8, 4) is 6.07 Å². The predicted molar refractivity (Wildman–Crippen MR) is 73.4 cm³/mol. The molecule has 0 radical (unpaired) electrons. The van der Waals surface area contributed by atoms with Gasteiger partial charge >= 0.3 is 0 Å². The molecule has 0 aromatic rings. The second-order valence-corrected chi connectivity index (χ2v) is 5.56. The third kappa shape index (κ3) is 2.04. The molecule has 3 rings (SSSR count). The van der Waals surface area contributed by atoms with Crippen LogP contribution in [0, 0.1) is 11.3 Å². The van der Waals surface area contributed by atoms with E-state index in [1.165, 1.54) is 4.91 Å². The summed E-state index contributed by atoms with van der Waals surface area (Å²) in [5.41, 5.74) is 1.13. The van der Waals surface area contributed by atoms with Gasteiger partial charge in [-0.15, -0.1) is 11.8 Å². The summed E-state index contributed by atoms with van der Waals surface area (Å²) in [6.45, 7) is 0. The van der Waals surface area contributed by atoms with Gasteiger partial charge in [0, 0.05) is 10.5 Å². The molecule has 3 heteroatoms. The van der Waals surface area contributed by atoms with Gasteiger partial charge in [0.05, 0.1) is 17.7 Å². The predicted octanol–water partition coefficient (Wildman–Crippen LogP) is 3.97. The molecule has 0 amide bonds. The van der Waals surface area contributed by atoms with E-state index in [-0.39, 0.29) is 5.25 Å². The molecule has 1 heterocycles. The van der Waals surface area contributed by atoms with Crippen LogP contribution in [-0.4, -0.2) is 5.25 Å². The minimum atomic E-state index is 0.289. The Morgan fingerprint density at radius 2 is 2.33 bits per heavy atom. The third-order valence-electron chi connectivity index (χ3n) is 3.13. The Bertz CT molecular complexity index is 558. The van der Waals surface area contributed by atoms with Crippen molar-refractivity contribution in [2.75, 3.05) is 0 Å². The number of hydrogen-bond donors (Lipinski definition) is 0. The zero-order valence-electron chi connectivity index (χ0n) is 9.93. The van der Waals surface area contributed by atoms with Gasteiger partial charge in [0.2, 0.25) is 0 Å². The van der Waals surface area contributed by atoms with E-state index in [1.54, 1.807) is 0 Å². The maximum atomic E-state index is 8.95. The van der Waals surface area contributed by atoms with Crippen LogP contribution < -0.4 is 0 Å². The number of rotatable bonds is 1. The van der Waals surface area contributed by atoms with E-state index in [0.29, 0.717) is 6.42 Å². The lowest BCUT2D eigenvalue weighted by atomic mass is 10.0. The Kier molecular flexibility index (Phi) is 3.12. The molecule has 0 aromatic carbocycles. The normalized spacial score (nSPS) is 25.2. The van der Waals surface area contributed by atoms with Crippen molar-refractivity contribution in [2.24, 2.45) is 0 Å². The molecule has 0 fully saturated rings. The molecule has 0 spiro atoms. The second-order valence-electron chi connectivity index (χ2n) is 4.33. The van der Waals surface area contributed by atoms with Crippen molar-refractivity contribution in [3.63, 3.8) is 0 Å². The first-order valence-corrected chi connectivity index (χ1v) is 6.95. The smallest absolute Gasteiger partial charge is 0.136 e. The summed E-state index contributed by atoms with van der Waals surface area (Å²) in [4.78, 5) is 1.30. The molecular formula is C15H13NOS. The van der Waals surface area contributed by atoms with Crippen LogP contribution in [0.1, 0.15) is 19.3 Å². The summed E-state index contributed by atoms with van der Waals surface area (Å²) in [5.74, 6) is 1.73. The zero-order chi connectivity index (χ0) is 12.4. The van der Waals surface area contributed by atoms with E-state index in [2.05, 4.69) is 30.4 Å². The first-order chi connectivity index (χ1) is 8.88. The van der Waals surface area contributed by atoms with Crippen LogP contribution in [0.3, 0.4) is 0 Å². The first-order valence-electron chi connectivity index (χ1n) is 6.07. The highest BCUT2D eigenvalue weighted by atomic mass is 32.2. The van der Waals surface area contributed by atoms with Gasteiger partial charge in [0.1, 0.15) is 11.5 Å². The lowest BCUT2D eigenvalue weighted by molar-refractivity contribution is 0.306. The maximum Gasteiger partial charge on any atom is 0.136 e. The van der Waals surface area contributed by atoms with Crippen molar-refractivity contribution in [2.45, 2.75) is 24.5 Å². The molecule has 0 aromatic heterocycles. The zero-order valence-corrected chi connectivity index (χ0v) is 10.7. The Hall–Kier alpha value is -1.66. The number of nitriles is 1. The van der Waals surface area contributed by atoms with Gasteiger partial charge in [-0.25, -0.2) is 0 Å². The Morgan fingerprint density at radius 3 is 3.22 bits per heavy atom. The molecular weight excluding hydrogens is 242 g/mol. The number of fused-ring (bicyclic) bond motifs is 1. The largest absolute Gasteiger partial charge is 0.459 e. The number of nitrogens with zero attached hydrogens (tertiary/aromatic N) is 1. The van der Waals surface area contributed by atoms with Gasteiger partial charge in [0.15, 0.2) is 0 Å². The molecule has 18 heavy (non-hydrogen) atoms. The SMILES string of the molecule is N#CCC1=C2C=CC=CC2SC2=C(C=CCC2)O1. The third-order valence-corrected chi connectivity index (χ3v) is 4.48.